The highest BCUT2D eigenvalue weighted by Crippen LogP contribution is 2.24. The number of nitrogens with one attached hydrogen (secondary N) is 1. The van der Waals surface area contributed by atoms with Gasteiger partial charge in [-0.25, -0.2) is 4.98 Å². The van der Waals surface area contributed by atoms with Crippen molar-refractivity contribution in [2.24, 2.45) is 0 Å². The molecule has 3 heterocycles. The van der Waals surface area contributed by atoms with E-state index in [4.69, 9.17) is 0 Å². The zero-order valence-corrected chi connectivity index (χ0v) is 10.3. The highest BCUT2D eigenvalue weighted by Gasteiger charge is 2.21. The molecule has 5 heteroatoms. The van der Waals surface area contributed by atoms with Gasteiger partial charge >= 0.3 is 0 Å². The van der Waals surface area contributed by atoms with Crippen LogP contribution < -0.4 is 5.32 Å². The van der Waals surface area contributed by atoms with Crippen LogP contribution in [0.25, 0.3) is 5.78 Å². The molecular formula is C12H17N5. The maximum Gasteiger partial charge on any atom is 0.255 e. The second-order valence-corrected chi connectivity index (χ2v) is 4.76. The Bertz CT molecular complexity index is 539. The van der Waals surface area contributed by atoms with Crippen LogP contribution >= 0.6 is 0 Å². The molecule has 0 saturated carbocycles. The SMILES string of the molecule is Cc1cc(C)n2c(C3CCNCC3)nnc2n1. The number of aryl methyl sites for hydroxylation is 2. The van der Waals surface area contributed by atoms with Crippen LogP contribution in [-0.2, 0) is 0 Å². The Morgan fingerprint density at radius 2 is 2.00 bits per heavy atom. The third kappa shape index (κ3) is 1.80. The maximum absolute atomic E-state index is 4.43. The van der Waals surface area contributed by atoms with Crippen molar-refractivity contribution in [1.82, 2.24) is 24.9 Å². The zero-order valence-electron chi connectivity index (χ0n) is 10.3. The first kappa shape index (κ1) is 10.7. The molecule has 90 valence electrons. The molecule has 0 amide bonds. The summed E-state index contributed by atoms with van der Waals surface area (Å²) in [7, 11) is 0. The average molecular weight is 231 g/mol. The smallest absolute Gasteiger partial charge is 0.255 e. The monoisotopic (exact) mass is 231 g/mol. The summed E-state index contributed by atoms with van der Waals surface area (Å²) < 4.78 is 2.10. The maximum atomic E-state index is 4.43. The third-order valence-electron chi connectivity index (χ3n) is 3.42. The molecular weight excluding hydrogens is 214 g/mol. The standard InChI is InChI=1S/C12H17N5/c1-8-7-9(2)17-11(15-16-12(17)14-8)10-3-5-13-6-4-10/h7,10,13H,3-6H2,1-2H3. The van der Waals surface area contributed by atoms with Crippen molar-refractivity contribution in [2.45, 2.75) is 32.6 Å². The minimum atomic E-state index is 0.509. The van der Waals surface area contributed by atoms with E-state index in [0.717, 1.165) is 43.2 Å². The second kappa shape index (κ2) is 4.07. The van der Waals surface area contributed by atoms with Crippen LogP contribution in [0.2, 0.25) is 0 Å². The van der Waals surface area contributed by atoms with Crippen molar-refractivity contribution >= 4 is 5.78 Å². The topological polar surface area (TPSA) is 55.1 Å². The van der Waals surface area contributed by atoms with Crippen molar-refractivity contribution in [3.63, 3.8) is 0 Å². The average Bonchev–Trinajstić information content (AvgIpc) is 2.74. The van der Waals surface area contributed by atoms with Gasteiger partial charge in [-0.15, -0.1) is 10.2 Å². The molecule has 1 aliphatic rings. The number of rotatable bonds is 1. The van der Waals surface area contributed by atoms with Crippen LogP contribution in [0, 0.1) is 13.8 Å². The summed E-state index contributed by atoms with van der Waals surface area (Å²) in [6.45, 7) is 6.22. The fraction of sp³-hybridized carbons (Fsp3) is 0.583. The van der Waals surface area contributed by atoms with Gasteiger partial charge in [0.05, 0.1) is 0 Å². The van der Waals surface area contributed by atoms with Crippen LogP contribution in [0.15, 0.2) is 6.07 Å². The summed E-state index contributed by atoms with van der Waals surface area (Å²) in [5.74, 6) is 2.32. The predicted octanol–water partition coefficient (Wildman–Crippen LogP) is 1.21. The quantitative estimate of drug-likeness (QED) is 0.801. The van der Waals surface area contributed by atoms with E-state index in [2.05, 4.69) is 37.9 Å². The summed E-state index contributed by atoms with van der Waals surface area (Å²) >= 11 is 0. The van der Waals surface area contributed by atoms with Gasteiger partial charge in [-0.3, -0.25) is 4.40 Å². The Balaban J connectivity index is 2.10. The molecule has 0 aliphatic carbocycles. The van der Waals surface area contributed by atoms with Crippen molar-refractivity contribution in [3.05, 3.63) is 23.3 Å². The highest BCUT2D eigenvalue weighted by atomic mass is 15.3. The molecule has 1 aliphatic heterocycles. The van der Waals surface area contributed by atoms with Gasteiger partial charge in [0.15, 0.2) is 0 Å². The highest BCUT2D eigenvalue weighted by molar-refractivity contribution is 5.33. The van der Waals surface area contributed by atoms with Crippen LogP contribution in [0.3, 0.4) is 0 Å². The van der Waals surface area contributed by atoms with E-state index >= 15 is 0 Å². The molecule has 3 rings (SSSR count). The molecule has 0 aromatic carbocycles. The summed E-state index contributed by atoms with van der Waals surface area (Å²) in [6, 6.07) is 2.08. The number of aromatic nitrogens is 4. The summed E-state index contributed by atoms with van der Waals surface area (Å²) in [5.41, 5.74) is 2.17. The minimum Gasteiger partial charge on any atom is -0.317 e. The van der Waals surface area contributed by atoms with Gasteiger partial charge < -0.3 is 5.32 Å². The first-order valence-electron chi connectivity index (χ1n) is 6.15. The molecule has 0 bridgehead atoms. The van der Waals surface area contributed by atoms with E-state index in [-0.39, 0.29) is 0 Å². The molecule has 0 atom stereocenters. The van der Waals surface area contributed by atoms with Crippen LogP contribution in [-0.4, -0.2) is 32.7 Å². The molecule has 2 aromatic heterocycles. The lowest BCUT2D eigenvalue weighted by Gasteiger charge is -2.21. The number of piperidine rings is 1. The van der Waals surface area contributed by atoms with E-state index in [0.29, 0.717) is 5.92 Å². The van der Waals surface area contributed by atoms with E-state index < -0.39 is 0 Å². The molecule has 17 heavy (non-hydrogen) atoms. The zero-order chi connectivity index (χ0) is 11.8. The van der Waals surface area contributed by atoms with Gasteiger partial charge in [0, 0.05) is 17.3 Å². The summed E-state index contributed by atoms with van der Waals surface area (Å²) in [5, 5.41) is 11.9. The predicted molar refractivity (Wildman–Crippen MR) is 65.1 cm³/mol. The lowest BCUT2D eigenvalue weighted by molar-refractivity contribution is 0.442. The van der Waals surface area contributed by atoms with Crippen molar-refractivity contribution in [1.29, 1.82) is 0 Å². The molecule has 2 aromatic rings. The number of fused-ring (bicyclic) bond motifs is 1. The van der Waals surface area contributed by atoms with Crippen molar-refractivity contribution in [3.8, 4) is 0 Å². The van der Waals surface area contributed by atoms with Crippen LogP contribution in [0.1, 0.15) is 36.0 Å². The van der Waals surface area contributed by atoms with E-state index in [9.17, 15) is 0 Å². The molecule has 0 unspecified atom stereocenters. The Morgan fingerprint density at radius 3 is 2.76 bits per heavy atom. The van der Waals surface area contributed by atoms with Gasteiger partial charge in [0.25, 0.3) is 5.78 Å². The summed E-state index contributed by atoms with van der Waals surface area (Å²) in [6.07, 6.45) is 2.27. The Kier molecular flexibility index (Phi) is 2.55. The van der Waals surface area contributed by atoms with E-state index in [1.165, 1.54) is 5.69 Å². The number of nitrogens with zero attached hydrogens (tertiary/aromatic N) is 4. The molecule has 0 radical (unpaired) electrons. The lowest BCUT2D eigenvalue weighted by Crippen LogP contribution is -2.27. The Morgan fingerprint density at radius 1 is 1.24 bits per heavy atom. The molecule has 0 spiro atoms. The molecule has 1 N–H and O–H groups in total. The van der Waals surface area contributed by atoms with Crippen LogP contribution in [0.5, 0.6) is 0 Å². The fourth-order valence-corrected chi connectivity index (χ4v) is 2.60. The van der Waals surface area contributed by atoms with Crippen molar-refractivity contribution < 1.29 is 0 Å². The number of hydrogen-bond donors (Lipinski definition) is 1. The van der Waals surface area contributed by atoms with E-state index in [1.807, 2.05) is 6.92 Å². The third-order valence-corrected chi connectivity index (χ3v) is 3.42. The van der Waals surface area contributed by atoms with Crippen molar-refractivity contribution in [2.75, 3.05) is 13.1 Å². The first-order valence-corrected chi connectivity index (χ1v) is 6.15. The van der Waals surface area contributed by atoms with Gasteiger partial charge in [-0.2, -0.15) is 0 Å². The normalized spacial score (nSPS) is 17.8. The Hall–Kier alpha value is -1.49. The Labute approximate surface area is 100 Å². The van der Waals surface area contributed by atoms with Crippen LogP contribution in [0.4, 0.5) is 0 Å². The minimum absolute atomic E-state index is 0.509. The fourth-order valence-electron chi connectivity index (χ4n) is 2.60. The molecule has 1 fully saturated rings. The van der Waals surface area contributed by atoms with E-state index in [1.54, 1.807) is 0 Å². The molecule has 1 saturated heterocycles. The summed E-state index contributed by atoms with van der Waals surface area (Å²) in [4.78, 5) is 4.43. The van der Waals surface area contributed by atoms with Gasteiger partial charge in [0.2, 0.25) is 0 Å². The van der Waals surface area contributed by atoms with Gasteiger partial charge in [0.1, 0.15) is 5.82 Å². The van der Waals surface area contributed by atoms with Gasteiger partial charge in [-0.05, 0) is 45.8 Å². The lowest BCUT2D eigenvalue weighted by atomic mass is 9.97. The van der Waals surface area contributed by atoms with Gasteiger partial charge in [-0.1, -0.05) is 0 Å². The number of hydrogen-bond acceptors (Lipinski definition) is 4. The molecule has 5 nitrogen and oxygen atoms in total. The second-order valence-electron chi connectivity index (χ2n) is 4.76. The first-order chi connectivity index (χ1) is 8.25. The largest absolute Gasteiger partial charge is 0.317 e.